The van der Waals surface area contributed by atoms with Crippen LogP contribution >= 0.6 is 0 Å². The number of fused-ring (bicyclic) bond motifs is 5. The summed E-state index contributed by atoms with van der Waals surface area (Å²) < 4.78 is 4.51. The lowest BCUT2D eigenvalue weighted by molar-refractivity contribution is 0.956. The largest absolute Gasteiger partial charge is 0.313 e. The molecule has 4 nitrogen and oxygen atoms in total. The van der Waals surface area contributed by atoms with Crippen molar-refractivity contribution in [3.8, 4) is 22.9 Å². The molecule has 4 heteroatoms. The predicted octanol–water partition coefficient (Wildman–Crippen LogP) is 8.89. The maximum absolute atomic E-state index is 5.28. The molecule has 0 bridgehead atoms. The van der Waals surface area contributed by atoms with Gasteiger partial charge in [-0.15, -0.1) is 0 Å². The summed E-state index contributed by atoms with van der Waals surface area (Å²) in [6.45, 7) is 6.94. The van der Waals surface area contributed by atoms with Crippen molar-refractivity contribution in [1.29, 1.82) is 0 Å². The third kappa shape index (κ3) is 4.23. The van der Waals surface area contributed by atoms with Gasteiger partial charge in [-0.3, -0.25) is 4.57 Å². The van der Waals surface area contributed by atoms with Gasteiger partial charge in [0.2, 0.25) is 5.95 Å². The fourth-order valence-electron chi connectivity index (χ4n) is 7.12. The van der Waals surface area contributed by atoms with Gasteiger partial charge in [-0.1, -0.05) is 128 Å². The smallest absolute Gasteiger partial charge is 0.235 e. The van der Waals surface area contributed by atoms with E-state index in [9.17, 15) is 0 Å². The zero-order valence-corrected chi connectivity index (χ0v) is 25.9. The third-order valence-corrected chi connectivity index (χ3v) is 9.30. The van der Waals surface area contributed by atoms with Crippen LogP contribution in [0.4, 0.5) is 0 Å². The highest BCUT2D eigenvalue weighted by molar-refractivity contribution is 6.07. The molecule has 0 aliphatic carbocycles. The molecule has 0 aliphatic heterocycles. The molecule has 0 fully saturated rings. The van der Waals surface area contributed by atoms with Crippen LogP contribution in [0.3, 0.4) is 0 Å². The van der Waals surface area contributed by atoms with Gasteiger partial charge in [-0.05, 0) is 42.7 Å². The van der Waals surface area contributed by atoms with Crippen molar-refractivity contribution in [2.45, 2.75) is 6.92 Å². The predicted molar refractivity (Wildman–Crippen MR) is 196 cm³/mol. The zero-order valence-electron chi connectivity index (χ0n) is 25.9. The third-order valence-electron chi connectivity index (χ3n) is 9.30. The first-order valence-corrected chi connectivity index (χ1v) is 15.9. The van der Waals surface area contributed by atoms with E-state index >= 15 is 0 Å². The summed E-state index contributed by atoms with van der Waals surface area (Å²) in [7, 11) is 0. The summed E-state index contributed by atoms with van der Waals surface area (Å²) in [5, 5.41) is 7.53. The van der Waals surface area contributed by atoms with Crippen molar-refractivity contribution in [1.82, 2.24) is 19.1 Å². The number of nitrogens with zero attached hydrogens (tertiary/aromatic N) is 4. The summed E-state index contributed by atoms with van der Waals surface area (Å²) >= 11 is 0. The molecule has 0 spiro atoms. The average molecular weight is 603 g/mol. The summed E-state index contributed by atoms with van der Waals surface area (Å²) in [5.41, 5.74) is 8.56. The zero-order chi connectivity index (χ0) is 31.5. The number of benzene rings is 6. The molecule has 0 aliphatic rings. The normalized spacial score (nSPS) is 12.1. The number of para-hydroxylation sites is 3. The van der Waals surface area contributed by atoms with Gasteiger partial charge in [0.15, 0.2) is 0 Å². The fourth-order valence-corrected chi connectivity index (χ4v) is 7.12. The highest BCUT2D eigenvalue weighted by Gasteiger charge is 2.19. The van der Waals surface area contributed by atoms with E-state index in [0.717, 1.165) is 60.1 Å². The number of rotatable bonds is 4. The molecular weight excluding hydrogens is 573 g/mol. The molecule has 0 unspecified atom stereocenters. The minimum Gasteiger partial charge on any atom is -0.313 e. The van der Waals surface area contributed by atoms with Crippen LogP contribution in [0.25, 0.3) is 79.0 Å². The quantitative estimate of drug-likeness (QED) is 0.202. The topological polar surface area (TPSA) is 35.6 Å². The Kier molecular flexibility index (Phi) is 6.15. The average Bonchev–Trinajstić information content (AvgIpc) is 3.58. The van der Waals surface area contributed by atoms with Crippen LogP contribution in [0.5, 0.6) is 0 Å². The Morgan fingerprint density at radius 1 is 0.574 bits per heavy atom. The second-order valence-electron chi connectivity index (χ2n) is 12.0. The van der Waals surface area contributed by atoms with Gasteiger partial charge < -0.3 is 4.57 Å². The van der Waals surface area contributed by atoms with Crippen LogP contribution in [-0.2, 0) is 0 Å². The lowest BCUT2D eigenvalue weighted by atomic mass is 10.0. The lowest BCUT2D eigenvalue weighted by Crippen LogP contribution is -2.28. The maximum atomic E-state index is 5.28. The Labute approximate surface area is 271 Å². The highest BCUT2D eigenvalue weighted by atomic mass is 15.2. The summed E-state index contributed by atoms with van der Waals surface area (Å²) in [6, 6.07) is 50.7. The Hall–Kier alpha value is -6.26. The van der Waals surface area contributed by atoms with Gasteiger partial charge in [0, 0.05) is 54.6 Å². The van der Waals surface area contributed by atoms with Crippen LogP contribution in [-0.4, -0.2) is 19.1 Å². The first kappa shape index (κ1) is 27.1. The van der Waals surface area contributed by atoms with Crippen molar-refractivity contribution in [2.75, 3.05) is 0 Å². The molecule has 0 radical (unpaired) electrons. The van der Waals surface area contributed by atoms with Crippen molar-refractivity contribution in [3.05, 3.63) is 167 Å². The van der Waals surface area contributed by atoms with Crippen molar-refractivity contribution in [2.24, 2.45) is 0 Å². The van der Waals surface area contributed by atoms with E-state index in [-0.39, 0.29) is 0 Å². The van der Waals surface area contributed by atoms with E-state index in [1.807, 2.05) is 18.2 Å². The van der Waals surface area contributed by atoms with Gasteiger partial charge in [0.05, 0.1) is 22.2 Å². The molecule has 0 saturated heterocycles. The Morgan fingerprint density at radius 3 is 2.04 bits per heavy atom. The fraction of sp³-hybridized carbons (Fsp3) is 0.0233. The molecule has 222 valence electrons. The summed E-state index contributed by atoms with van der Waals surface area (Å²) in [6.07, 6.45) is 2.31. The first-order valence-electron chi connectivity index (χ1n) is 15.9. The van der Waals surface area contributed by atoms with E-state index in [2.05, 4.69) is 150 Å². The molecule has 0 amide bonds. The van der Waals surface area contributed by atoms with Crippen LogP contribution in [0.2, 0.25) is 0 Å². The Balaban J connectivity index is 1.41. The van der Waals surface area contributed by atoms with Crippen molar-refractivity contribution >= 4 is 56.1 Å². The van der Waals surface area contributed by atoms with Crippen molar-refractivity contribution in [3.63, 3.8) is 0 Å². The Bertz CT molecular complexity index is 2750. The molecular formula is C43H30N4. The van der Waals surface area contributed by atoms with Crippen molar-refractivity contribution < 1.29 is 0 Å². The van der Waals surface area contributed by atoms with Gasteiger partial charge in [-0.25, -0.2) is 9.97 Å². The van der Waals surface area contributed by atoms with E-state index in [1.165, 1.54) is 22.2 Å². The van der Waals surface area contributed by atoms with E-state index in [1.54, 1.807) is 0 Å². The van der Waals surface area contributed by atoms with E-state index < -0.39 is 0 Å². The van der Waals surface area contributed by atoms with Crippen LogP contribution in [0.15, 0.2) is 146 Å². The summed E-state index contributed by atoms with van der Waals surface area (Å²) in [4.78, 5) is 10.5. The second kappa shape index (κ2) is 10.7. The summed E-state index contributed by atoms with van der Waals surface area (Å²) in [5.74, 6) is 0.608. The molecule has 3 aromatic heterocycles. The Morgan fingerprint density at radius 2 is 1.23 bits per heavy atom. The molecule has 0 atom stereocenters. The number of aromatic nitrogens is 4. The highest BCUT2D eigenvalue weighted by Crippen LogP contribution is 2.32. The van der Waals surface area contributed by atoms with Gasteiger partial charge in [0.1, 0.15) is 0 Å². The first-order chi connectivity index (χ1) is 23.2. The molecule has 47 heavy (non-hydrogen) atoms. The van der Waals surface area contributed by atoms with Crippen LogP contribution in [0.1, 0.15) is 11.3 Å². The number of hydrogen-bond acceptors (Lipinski definition) is 2. The molecule has 9 rings (SSSR count). The molecule has 6 aromatic carbocycles. The van der Waals surface area contributed by atoms with Gasteiger partial charge >= 0.3 is 0 Å². The van der Waals surface area contributed by atoms with E-state index in [4.69, 9.17) is 16.5 Å². The SMILES string of the molecule is C=c1/c(=C\c2c(C)n(-c3ccccc3)c3ccccc23)c2ccc3ccccc3c2n1-c1nc(-c2ccccc2)c2ccccc2n1. The maximum Gasteiger partial charge on any atom is 0.235 e. The number of hydrogen-bond donors (Lipinski definition) is 0. The van der Waals surface area contributed by atoms with E-state index in [0.29, 0.717) is 5.95 Å². The van der Waals surface area contributed by atoms with Crippen LogP contribution in [0, 0.1) is 6.92 Å². The van der Waals surface area contributed by atoms with Gasteiger partial charge in [0.25, 0.3) is 0 Å². The minimum absolute atomic E-state index is 0.608. The molecule has 3 heterocycles. The second-order valence-corrected chi connectivity index (χ2v) is 12.0. The molecule has 9 aromatic rings. The molecule has 0 N–H and O–H groups in total. The van der Waals surface area contributed by atoms with Crippen LogP contribution < -0.4 is 10.6 Å². The van der Waals surface area contributed by atoms with Gasteiger partial charge in [-0.2, -0.15) is 0 Å². The lowest BCUT2D eigenvalue weighted by Gasteiger charge is -2.12. The molecule has 0 saturated carbocycles. The monoisotopic (exact) mass is 602 g/mol. The standard InChI is InChI=1S/C43H30N4/c1-28-37(34-21-12-14-24-40(34)46(28)32-18-7-4-8-19-32)27-38-29(2)47(42-33-20-10-9-15-30(33)25-26-35(38)42)43-44-39-23-13-11-22-36(39)41(45-43)31-16-5-3-6-17-31/h3-27H,2H2,1H3/b38-27+. The minimum atomic E-state index is 0.608.